The van der Waals surface area contributed by atoms with E-state index in [9.17, 15) is 33.7 Å². The van der Waals surface area contributed by atoms with Gasteiger partial charge in [-0.15, -0.1) is 0 Å². The Kier molecular flexibility index (Phi) is 5.19. The molecule has 2 heterocycles. The predicted molar refractivity (Wildman–Crippen MR) is 73.5 cm³/mol. The summed E-state index contributed by atoms with van der Waals surface area (Å²) in [4.78, 5) is 33.6. The first-order chi connectivity index (χ1) is 10.7. The Morgan fingerprint density at radius 2 is 2.09 bits per heavy atom. The molecule has 10 nitrogen and oxygen atoms in total. The highest BCUT2D eigenvalue weighted by Crippen LogP contribution is 2.42. The Bertz CT molecular complexity index is 733. The first-order valence-corrected chi connectivity index (χ1v) is 8.41. The van der Waals surface area contributed by atoms with E-state index in [4.69, 9.17) is 9.26 Å². The van der Waals surface area contributed by atoms with E-state index in [1.54, 1.807) is 4.98 Å². The molecule has 1 aromatic heterocycles. The van der Waals surface area contributed by atoms with Crippen LogP contribution in [0.2, 0.25) is 0 Å². The van der Waals surface area contributed by atoms with Gasteiger partial charge in [0.25, 0.3) is 5.56 Å². The lowest BCUT2D eigenvalue weighted by molar-refractivity contribution is -0.0529. The number of rotatable bonds is 5. The van der Waals surface area contributed by atoms with E-state index in [1.165, 1.54) is 6.92 Å². The van der Waals surface area contributed by atoms with Crippen molar-refractivity contribution in [2.45, 2.75) is 31.5 Å². The van der Waals surface area contributed by atoms with E-state index in [0.29, 0.717) is 10.8 Å². The van der Waals surface area contributed by atoms with Gasteiger partial charge in [-0.3, -0.25) is 18.9 Å². The number of nitrogens with zero attached hydrogens (tertiary/aromatic N) is 1. The van der Waals surface area contributed by atoms with Crippen LogP contribution in [-0.2, 0) is 13.8 Å². The number of ether oxygens (including phenoxy) is 1. The molecule has 0 aliphatic carbocycles. The molecule has 0 amide bonds. The molecule has 1 aliphatic heterocycles. The molecule has 23 heavy (non-hydrogen) atoms. The van der Waals surface area contributed by atoms with Crippen LogP contribution in [-0.4, -0.2) is 55.7 Å². The second-order valence-electron chi connectivity index (χ2n) is 4.94. The first-order valence-electron chi connectivity index (χ1n) is 6.65. The maximum absolute atomic E-state index is 13.3. The van der Waals surface area contributed by atoms with E-state index >= 15 is 0 Å². The lowest BCUT2D eigenvalue weighted by atomic mass is 10.1. The summed E-state index contributed by atoms with van der Waals surface area (Å²) in [5.41, 5.74) is -2.28. The summed E-state index contributed by atoms with van der Waals surface area (Å²) < 4.78 is 35.2. The van der Waals surface area contributed by atoms with Gasteiger partial charge in [0.2, 0.25) is 5.82 Å². The average molecular weight is 354 g/mol. The van der Waals surface area contributed by atoms with Crippen molar-refractivity contribution in [2.24, 2.45) is 0 Å². The van der Waals surface area contributed by atoms with E-state index in [0.717, 1.165) is 0 Å². The van der Waals surface area contributed by atoms with Gasteiger partial charge in [-0.1, -0.05) is 6.92 Å². The lowest BCUT2D eigenvalue weighted by Gasteiger charge is -2.17. The van der Waals surface area contributed by atoms with Crippen LogP contribution in [0.4, 0.5) is 4.39 Å². The Morgan fingerprint density at radius 1 is 1.43 bits per heavy atom. The van der Waals surface area contributed by atoms with Gasteiger partial charge in [0, 0.05) is 6.16 Å². The molecule has 0 spiro atoms. The van der Waals surface area contributed by atoms with Crippen molar-refractivity contribution in [3.05, 3.63) is 32.9 Å². The first kappa shape index (κ1) is 18.0. The molecular weight excluding hydrogens is 338 g/mol. The van der Waals surface area contributed by atoms with Crippen molar-refractivity contribution in [1.29, 1.82) is 0 Å². The van der Waals surface area contributed by atoms with E-state index in [1.807, 2.05) is 0 Å². The smallest absolute Gasteiger partial charge is 0.330 e. The molecule has 0 bridgehead atoms. The average Bonchev–Trinajstić information content (AvgIpc) is 2.77. The van der Waals surface area contributed by atoms with Crippen molar-refractivity contribution >= 4 is 7.60 Å². The maximum atomic E-state index is 13.3. The fourth-order valence-electron chi connectivity index (χ4n) is 2.03. The predicted octanol–water partition coefficient (Wildman–Crippen LogP) is -1.48. The molecule has 2 rings (SSSR count). The summed E-state index contributed by atoms with van der Waals surface area (Å²) in [7, 11) is -3.84. The van der Waals surface area contributed by atoms with Crippen LogP contribution in [0.5, 0.6) is 0 Å². The van der Waals surface area contributed by atoms with Gasteiger partial charge < -0.3 is 24.4 Å². The number of aromatic amines is 1. The molecule has 0 radical (unpaired) electrons. The Morgan fingerprint density at radius 3 is 2.70 bits per heavy atom. The molecule has 1 fully saturated rings. The van der Waals surface area contributed by atoms with Gasteiger partial charge in [0.1, 0.15) is 18.3 Å². The van der Waals surface area contributed by atoms with Crippen LogP contribution in [0.1, 0.15) is 13.2 Å². The zero-order valence-corrected chi connectivity index (χ0v) is 12.9. The molecule has 1 unspecified atom stereocenters. The Balaban J connectivity index is 2.20. The zero-order valence-electron chi connectivity index (χ0n) is 12.0. The number of nitrogens with one attached hydrogen (secondary N) is 1. The molecule has 0 saturated carbocycles. The second kappa shape index (κ2) is 6.63. The topological polar surface area (TPSA) is 151 Å². The normalized spacial score (nSPS) is 30.3. The van der Waals surface area contributed by atoms with Crippen LogP contribution < -0.4 is 11.2 Å². The number of halogens is 1. The van der Waals surface area contributed by atoms with Gasteiger partial charge >= 0.3 is 13.3 Å². The number of aromatic nitrogens is 2. The van der Waals surface area contributed by atoms with Crippen LogP contribution >= 0.6 is 7.60 Å². The third-order valence-corrected chi connectivity index (χ3v) is 4.73. The number of hydrogen-bond acceptors (Lipinski definition) is 7. The molecule has 4 N–H and O–H groups in total. The standard InChI is InChI=1S/C11H16FN2O8P/c1-2-23(19,20)21-4-6-7(15)8(16)10(22-6)14-3-5(12)9(17)13-11(14)18/h3,6-8,10,15-16H,2,4H2,1H3,(H,19,20)(H,13,17,18)/t6-,7-,8-,10-/m1/s1. The summed E-state index contributed by atoms with van der Waals surface area (Å²) in [6.45, 7) is 0.907. The summed E-state index contributed by atoms with van der Waals surface area (Å²) >= 11 is 0. The summed E-state index contributed by atoms with van der Waals surface area (Å²) in [5.74, 6) is -1.28. The number of aliphatic hydroxyl groups excluding tert-OH is 2. The Labute approximate surface area is 128 Å². The van der Waals surface area contributed by atoms with Crippen LogP contribution in [0.3, 0.4) is 0 Å². The van der Waals surface area contributed by atoms with E-state index < -0.39 is 55.8 Å². The van der Waals surface area contributed by atoms with Crippen molar-refractivity contribution in [1.82, 2.24) is 9.55 Å². The van der Waals surface area contributed by atoms with Gasteiger partial charge in [-0.05, 0) is 0 Å². The highest BCUT2D eigenvalue weighted by molar-refractivity contribution is 7.52. The summed E-state index contributed by atoms with van der Waals surface area (Å²) in [6, 6.07) is 0. The third-order valence-electron chi connectivity index (χ3n) is 3.38. The monoisotopic (exact) mass is 354 g/mol. The van der Waals surface area contributed by atoms with Crippen molar-refractivity contribution < 1.29 is 33.3 Å². The van der Waals surface area contributed by atoms with Crippen molar-refractivity contribution in [3.8, 4) is 0 Å². The van der Waals surface area contributed by atoms with Gasteiger partial charge in [0.15, 0.2) is 6.23 Å². The van der Waals surface area contributed by atoms with Gasteiger partial charge in [-0.2, -0.15) is 4.39 Å². The Hall–Kier alpha value is -1.36. The molecule has 5 atom stereocenters. The number of hydrogen-bond donors (Lipinski definition) is 4. The zero-order chi connectivity index (χ0) is 17.4. The van der Waals surface area contributed by atoms with Crippen molar-refractivity contribution in [2.75, 3.05) is 12.8 Å². The minimum Gasteiger partial charge on any atom is -0.387 e. The highest BCUT2D eigenvalue weighted by Gasteiger charge is 2.45. The minimum atomic E-state index is -3.84. The van der Waals surface area contributed by atoms with E-state index in [2.05, 4.69) is 0 Å². The van der Waals surface area contributed by atoms with Crippen LogP contribution in [0.15, 0.2) is 15.8 Å². The fraction of sp³-hybridized carbons (Fsp3) is 0.636. The molecule has 0 aromatic carbocycles. The maximum Gasteiger partial charge on any atom is 0.330 e. The largest absolute Gasteiger partial charge is 0.387 e. The number of aliphatic hydroxyl groups is 2. The molecule has 130 valence electrons. The fourth-order valence-corrected chi connectivity index (χ4v) is 2.59. The number of H-pyrrole nitrogens is 1. The van der Waals surface area contributed by atoms with Crippen molar-refractivity contribution in [3.63, 3.8) is 0 Å². The highest BCUT2D eigenvalue weighted by atomic mass is 31.2. The third kappa shape index (κ3) is 3.77. The quantitative estimate of drug-likeness (QED) is 0.467. The molecule has 1 aliphatic rings. The van der Waals surface area contributed by atoms with Gasteiger partial charge in [-0.25, -0.2) is 4.79 Å². The molecular formula is C11H16FN2O8P. The van der Waals surface area contributed by atoms with E-state index in [-0.39, 0.29) is 6.16 Å². The van der Waals surface area contributed by atoms with Crippen LogP contribution in [0, 0.1) is 5.82 Å². The van der Waals surface area contributed by atoms with Crippen LogP contribution in [0.25, 0.3) is 0 Å². The summed E-state index contributed by atoms with van der Waals surface area (Å²) in [6.07, 6.45) is -5.51. The molecule has 1 aromatic rings. The SMILES string of the molecule is CCP(=O)(O)OC[C@H]1O[C@@H](n2cc(F)c(=O)[nH]c2=O)[C@H](O)[C@@H]1O. The second-order valence-corrected chi connectivity index (χ2v) is 7.10. The van der Waals surface area contributed by atoms with Gasteiger partial charge in [0.05, 0.1) is 12.8 Å². The molecule has 12 heteroatoms. The molecule has 1 saturated heterocycles. The minimum absolute atomic E-state index is 0.160. The lowest BCUT2D eigenvalue weighted by Crippen LogP contribution is -2.38. The summed E-state index contributed by atoms with van der Waals surface area (Å²) in [5, 5.41) is 19.8.